The zero-order valence-electron chi connectivity index (χ0n) is 22.5. The molecule has 8 aromatic rings. The van der Waals surface area contributed by atoms with Gasteiger partial charge in [-0.15, -0.1) is 0 Å². The molecule has 0 radical (unpaired) electrons. The van der Waals surface area contributed by atoms with Gasteiger partial charge in [-0.25, -0.2) is 4.85 Å². The molecule has 4 heteroatoms. The Bertz CT molecular complexity index is 2430. The van der Waals surface area contributed by atoms with E-state index in [0.29, 0.717) is 11.3 Å². The monoisotopic (exact) mass is 534 g/mol. The van der Waals surface area contributed by atoms with Crippen LogP contribution in [0.25, 0.3) is 71.0 Å². The molecular weight excluding hydrogens is 512 g/mol. The number of rotatable bonds is 3. The van der Waals surface area contributed by atoms with Gasteiger partial charge in [-0.1, -0.05) is 84.9 Å². The predicted molar refractivity (Wildman–Crippen MR) is 172 cm³/mol. The molecule has 0 spiro atoms. The first kappa shape index (κ1) is 23.8. The van der Waals surface area contributed by atoms with Crippen LogP contribution in [0.3, 0.4) is 0 Å². The number of hydrogen-bond donors (Lipinski definition) is 0. The second-order valence-corrected chi connectivity index (χ2v) is 10.4. The maximum absolute atomic E-state index is 9.95. The third-order valence-corrected chi connectivity index (χ3v) is 8.17. The summed E-state index contributed by atoms with van der Waals surface area (Å²) in [5.74, 6) is 0. The highest BCUT2D eigenvalue weighted by Gasteiger charge is 2.19. The van der Waals surface area contributed by atoms with E-state index in [0.717, 1.165) is 44.3 Å². The molecular formula is C38H22N4. The third-order valence-electron chi connectivity index (χ3n) is 8.17. The number of nitrogens with zero attached hydrogens (tertiary/aromatic N) is 4. The van der Waals surface area contributed by atoms with Crippen molar-refractivity contribution in [2.45, 2.75) is 0 Å². The minimum absolute atomic E-state index is 0.507. The van der Waals surface area contributed by atoms with Crippen LogP contribution in [0, 0.1) is 17.9 Å². The average molecular weight is 535 g/mol. The number of hydrogen-bond acceptors (Lipinski definition) is 1. The van der Waals surface area contributed by atoms with Crippen LogP contribution >= 0.6 is 0 Å². The second kappa shape index (κ2) is 9.24. The number of benzene rings is 6. The van der Waals surface area contributed by atoms with E-state index in [-0.39, 0.29) is 0 Å². The fraction of sp³-hybridized carbons (Fsp3) is 0. The molecule has 0 bridgehead atoms. The second-order valence-electron chi connectivity index (χ2n) is 10.4. The fourth-order valence-corrected chi connectivity index (χ4v) is 6.38. The number of aromatic nitrogens is 2. The van der Waals surface area contributed by atoms with Crippen LogP contribution < -0.4 is 0 Å². The molecule has 0 atom stereocenters. The Morgan fingerprint density at radius 2 is 1.26 bits per heavy atom. The average Bonchev–Trinajstić information content (AvgIpc) is 3.57. The van der Waals surface area contributed by atoms with Gasteiger partial charge in [0, 0.05) is 27.2 Å². The SMILES string of the molecule is [C-]#[N+]c1ccc(C#N)c(-n2c3ccccc3c3cc(-c4cccc5c4c4ccccc4n5-c4ccccc4)ccc32)c1. The summed E-state index contributed by atoms with van der Waals surface area (Å²) in [7, 11) is 0. The molecule has 0 unspecified atom stereocenters. The van der Waals surface area contributed by atoms with Crippen molar-refractivity contribution < 1.29 is 0 Å². The largest absolute Gasteiger partial charge is 0.309 e. The van der Waals surface area contributed by atoms with E-state index in [1.54, 1.807) is 12.1 Å². The minimum Gasteiger partial charge on any atom is -0.309 e. The lowest BCUT2D eigenvalue weighted by molar-refractivity contribution is 1.17. The maximum atomic E-state index is 9.95. The summed E-state index contributed by atoms with van der Waals surface area (Å²) in [5, 5.41) is 14.6. The van der Waals surface area contributed by atoms with E-state index < -0.39 is 0 Å². The highest BCUT2D eigenvalue weighted by Crippen LogP contribution is 2.41. The quantitative estimate of drug-likeness (QED) is 0.208. The Hall–Kier alpha value is -6.10. The lowest BCUT2D eigenvalue weighted by Crippen LogP contribution is -1.97. The van der Waals surface area contributed by atoms with Gasteiger partial charge in [0.15, 0.2) is 5.69 Å². The fourth-order valence-electron chi connectivity index (χ4n) is 6.38. The van der Waals surface area contributed by atoms with E-state index in [1.165, 1.54) is 21.9 Å². The number of nitriles is 1. The van der Waals surface area contributed by atoms with Gasteiger partial charge in [0.1, 0.15) is 6.07 Å². The van der Waals surface area contributed by atoms with Crippen molar-refractivity contribution in [3.8, 4) is 28.6 Å². The highest BCUT2D eigenvalue weighted by atomic mass is 15.0. The first-order valence-corrected chi connectivity index (χ1v) is 13.8. The Kier molecular flexibility index (Phi) is 5.22. The molecule has 2 aromatic heterocycles. The topological polar surface area (TPSA) is 38.0 Å². The van der Waals surface area contributed by atoms with Crippen LogP contribution in [0.4, 0.5) is 5.69 Å². The number of para-hydroxylation sites is 3. The van der Waals surface area contributed by atoms with Gasteiger partial charge in [0.25, 0.3) is 0 Å². The van der Waals surface area contributed by atoms with Gasteiger partial charge < -0.3 is 9.13 Å². The first-order chi connectivity index (χ1) is 20.8. The molecule has 42 heavy (non-hydrogen) atoms. The van der Waals surface area contributed by atoms with Crippen molar-refractivity contribution in [2.75, 3.05) is 0 Å². The van der Waals surface area contributed by atoms with Gasteiger partial charge in [-0.2, -0.15) is 5.26 Å². The van der Waals surface area contributed by atoms with Crippen molar-refractivity contribution in [2.24, 2.45) is 0 Å². The summed E-state index contributed by atoms with van der Waals surface area (Å²) in [6, 6.07) is 48.1. The van der Waals surface area contributed by atoms with Gasteiger partial charge in [0.05, 0.1) is 39.9 Å². The van der Waals surface area contributed by atoms with E-state index in [1.807, 2.05) is 24.3 Å². The summed E-state index contributed by atoms with van der Waals surface area (Å²) in [4.78, 5) is 3.63. The Morgan fingerprint density at radius 3 is 2.05 bits per heavy atom. The minimum atomic E-state index is 0.507. The molecule has 8 rings (SSSR count). The molecule has 0 fully saturated rings. The highest BCUT2D eigenvalue weighted by molar-refractivity contribution is 6.17. The van der Waals surface area contributed by atoms with E-state index >= 15 is 0 Å². The normalized spacial score (nSPS) is 11.3. The molecule has 0 N–H and O–H groups in total. The Labute approximate surface area is 242 Å². The lowest BCUT2D eigenvalue weighted by Gasteiger charge is -2.11. The maximum Gasteiger partial charge on any atom is 0.189 e. The van der Waals surface area contributed by atoms with Crippen LogP contribution in [0.1, 0.15) is 5.56 Å². The predicted octanol–water partition coefficient (Wildman–Crippen LogP) is 9.97. The van der Waals surface area contributed by atoms with Crippen LogP contribution in [-0.2, 0) is 0 Å². The molecule has 2 heterocycles. The summed E-state index contributed by atoms with van der Waals surface area (Å²) < 4.78 is 4.45. The van der Waals surface area contributed by atoms with Crippen molar-refractivity contribution >= 4 is 49.3 Å². The smallest absolute Gasteiger partial charge is 0.189 e. The molecule has 6 aromatic carbocycles. The van der Waals surface area contributed by atoms with Crippen LogP contribution in [0.5, 0.6) is 0 Å². The third kappa shape index (κ3) is 3.40. The van der Waals surface area contributed by atoms with Crippen molar-refractivity contribution in [1.29, 1.82) is 5.26 Å². The molecule has 194 valence electrons. The van der Waals surface area contributed by atoms with Gasteiger partial charge in [0.2, 0.25) is 0 Å². The van der Waals surface area contributed by atoms with E-state index in [4.69, 9.17) is 6.57 Å². The van der Waals surface area contributed by atoms with Crippen LogP contribution in [0.2, 0.25) is 0 Å². The van der Waals surface area contributed by atoms with Gasteiger partial charge >= 0.3 is 0 Å². The standard InChI is InChI=1S/C38H22N4/c1-40-27-20-18-26(24-39)37(23-27)42-33-15-7-5-12-30(33)32-22-25(19-21-35(32)42)29-14-9-17-36-38(29)31-13-6-8-16-34(31)41(36)28-10-3-2-4-11-28/h2-23H. The summed E-state index contributed by atoms with van der Waals surface area (Å²) in [6.07, 6.45) is 0. The summed E-state index contributed by atoms with van der Waals surface area (Å²) in [6.45, 7) is 7.55. The van der Waals surface area contributed by atoms with Gasteiger partial charge in [-0.3, -0.25) is 0 Å². The summed E-state index contributed by atoms with van der Waals surface area (Å²) in [5.41, 5.74) is 9.53. The zero-order chi connectivity index (χ0) is 28.2. The summed E-state index contributed by atoms with van der Waals surface area (Å²) >= 11 is 0. The molecule has 0 saturated heterocycles. The van der Waals surface area contributed by atoms with Crippen molar-refractivity contribution in [3.05, 3.63) is 150 Å². The van der Waals surface area contributed by atoms with Gasteiger partial charge in [-0.05, 0) is 59.7 Å². The molecule has 0 saturated carbocycles. The molecule has 0 aliphatic rings. The van der Waals surface area contributed by atoms with Crippen molar-refractivity contribution in [1.82, 2.24) is 9.13 Å². The van der Waals surface area contributed by atoms with Crippen LogP contribution in [0.15, 0.2) is 133 Å². The Morgan fingerprint density at radius 1 is 0.571 bits per heavy atom. The zero-order valence-corrected chi connectivity index (χ0v) is 22.5. The molecule has 0 amide bonds. The van der Waals surface area contributed by atoms with Crippen LogP contribution in [-0.4, -0.2) is 9.13 Å². The number of fused-ring (bicyclic) bond motifs is 6. The molecule has 0 aliphatic carbocycles. The lowest BCUT2D eigenvalue weighted by atomic mass is 9.98. The Balaban J connectivity index is 1.43. The van der Waals surface area contributed by atoms with E-state index in [2.05, 4.69) is 117 Å². The van der Waals surface area contributed by atoms with E-state index in [9.17, 15) is 5.26 Å². The molecule has 0 aliphatic heterocycles. The molecule has 4 nitrogen and oxygen atoms in total. The van der Waals surface area contributed by atoms with Crippen molar-refractivity contribution in [3.63, 3.8) is 0 Å². The first-order valence-electron chi connectivity index (χ1n) is 13.8.